The number of aromatic nitrogens is 1. The van der Waals surface area contributed by atoms with Gasteiger partial charge in [-0.15, -0.1) is 11.3 Å². The lowest BCUT2D eigenvalue weighted by Crippen LogP contribution is -2.41. The fourth-order valence-electron chi connectivity index (χ4n) is 2.57. The summed E-state index contributed by atoms with van der Waals surface area (Å²) in [6, 6.07) is 5.05. The van der Waals surface area contributed by atoms with Gasteiger partial charge < -0.3 is 10.4 Å². The van der Waals surface area contributed by atoms with Gasteiger partial charge in [-0.3, -0.25) is 9.78 Å². The first-order valence-electron chi connectivity index (χ1n) is 6.77. The maximum atomic E-state index is 13.6. The van der Waals surface area contributed by atoms with Gasteiger partial charge in [-0.1, -0.05) is 6.07 Å². The highest BCUT2D eigenvalue weighted by Crippen LogP contribution is 2.39. The second-order valence-electron chi connectivity index (χ2n) is 5.21. The summed E-state index contributed by atoms with van der Waals surface area (Å²) in [5.74, 6) is -0.893. The molecule has 1 fully saturated rings. The van der Waals surface area contributed by atoms with Gasteiger partial charge in [-0.2, -0.15) is 0 Å². The van der Waals surface area contributed by atoms with E-state index in [1.54, 1.807) is 11.3 Å². The maximum Gasteiger partial charge on any atom is 0.254 e. The largest absolute Gasteiger partial charge is 0.393 e. The van der Waals surface area contributed by atoms with Crippen LogP contribution in [-0.4, -0.2) is 22.1 Å². The molecule has 0 saturated heterocycles. The van der Waals surface area contributed by atoms with Crippen LogP contribution in [-0.2, 0) is 0 Å². The minimum absolute atomic E-state index is 0.00794. The van der Waals surface area contributed by atoms with E-state index in [0.29, 0.717) is 12.8 Å². The molecule has 1 saturated carbocycles. The molecule has 1 atom stereocenters. The average Bonchev–Trinajstić information content (AvgIpc) is 2.96. The Hall–Kier alpha value is -1.79. The van der Waals surface area contributed by atoms with Crippen LogP contribution in [0.5, 0.6) is 0 Å². The summed E-state index contributed by atoms with van der Waals surface area (Å²) in [7, 11) is 0. The molecule has 2 aromatic heterocycles. The van der Waals surface area contributed by atoms with E-state index in [2.05, 4.69) is 10.3 Å². The van der Waals surface area contributed by atoms with Crippen molar-refractivity contribution in [2.24, 2.45) is 5.92 Å². The molecule has 6 heteroatoms. The number of pyridine rings is 1. The lowest BCUT2D eigenvalue weighted by molar-refractivity contribution is 0.0240. The first-order chi connectivity index (χ1) is 10.1. The van der Waals surface area contributed by atoms with Crippen molar-refractivity contribution >= 4 is 17.2 Å². The number of hydrogen-bond donors (Lipinski definition) is 2. The van der Waals surface area contributed by atoms with Crippen molar-refractivity contribution in [1.82, 2.24) is 10.3 Å². The van der Waals surface area contributed by atoms with E-state index in [-0.39, 0.29) is 23.6 Å². The summed E-state index contributed by atoms with van der Waals surface area (Å²) in [5.41, 5.74) is -0.00794. The Bertz CT molecular complexity index is 626. The van der Waals surface area contributed by atoms with Crippen molar-refractivity contribution in [1.29, 1.82) is 0 Å². The smallest absolute Gasteiger partial charge is 0.254 e. The number of carbonyl (C=O) groups is 1. The van der Waals surface area contributed by atoms with E-state index in [4.69, 9.17) is 0 Å². The molecule has 0 radical (unpaired) electrons. The van der Waals surface area contributed by atoms with Crippen LogP contribution in [0.2, 0.25) is 0 Å². The topological polar surface area (TPSA) is 62.2 Å². The van der Waals surface area contributed by atoms with E-state index < -0.39 is 11.7 Å². The molecule has 3 rings (SSSR count). The Kier molecular flexibility index (Phi) is 3.98. The Labute approximate surface area is 125 Å². The molecule has 0 unspecified atom stereocenters. The second kappa shape index (κ2) is 5.91. The van der Waals surface area contributed by atoms with Crippen molar-refractivity contribution in [3.63, 3.8) is 0 Å². The summed E-state index contributed by atoms with van der Waals surface area (Å²) in [5, 5.41) is 14.3. The predicted molar refractivity (Wildman–Crippen MR) is 77.5 cm³/mol. The minimum Gasteiger partial charge on any atom is -0.393 e. The summed E-state index contributed by atoms with van der Waals surface area (Å²) >= 11 is 1.55. The lowest BCUT2D eigenvalue weighted by atomic mass is 9.76. The highest BCUT2D eigenvalue weighted by Gasteiger charge is 2.36. The zero-order valence-electron chi connectivity index (χ0n) is 11.2. The van der Waals surface area contributed by atoms with Crippen LogP contribution >= 0.6 is 11.3 Å². The van der Waals surface area contributed by atoms with E-state index >= 15 is 0 Å². The molecule has 0 bridgehead atoms. The zero-order valence-corrected chi connectivity index (χ0v) is 12.0. The lowest BCUT2D eigenvalue weighted by Gasteiger charge is -2.37. The van der Waals surface area contributed by atoms with Crippen molar-refractivity contribution in [2.75, 3.05) is 0 Å². The number of carbonyl (C=O) groups excluding carboxylic acids is 1. The number of rotatable bonds is 4. The van der Waals surface area contributed by atoms with Gasteiger partial charge in [0, 0.05) is 11.1 Å². The van der Waals surface area contributed by atoms with E-state index in [1.807, 2.05) is 17.5 Å². The van der Waals surface area contributed by atoms with Crippen LogP contribution < -0.4 is 5.32 Å². The molecule has 2 aromatic rings. The molecule has 0 aliphatic heterocycles. The van der Waals surface area contributed by atoms with Gasteiger partial charge >= 0.3 is 0 Å². The molecule has 1 amide bonds. The molecule has 1 aliphatic rings. The minimum atomic E-state index is -0.631. The number of halogens is 1. The zero-order chi connectivity index (χ0) is 14.8. The van der Waals surface area contributed by atoms with Crippen LogP contribution in [0, 0.1) is 11.7 Å². The third-order valence-electron chi connectivity index (χ3n) is 3.77. The predicted octanol–water partition coefficient (Wildman–Crippen LogP) is 2.52. The Morgan fingerprint density at radius 2 is 2.29 bits per heavy atom. The third kappa shape index (κ3) is 2.96. The van der Waals surface area contributed by atoms with Crippen molar-refractivity contribution < 1.29 is 14.3 Å². The van der Waals surface area contributed by atoms with Gasteiger partial charge in [0.2, 0.25) is 0 Å². The molecular formula is C15H15FN2O2S. The normalized spacial score (nSPS) is 22.4. The van der Waals surface area contributed by atoms with Crippen LogP contribution in [0.15, 0.2) is 36.0 Å². The molecule has 110 valence electrons. The monoisotopic (exact) mass is 306 g/mol. The molecule has 1 aliphatic carbocycles. The number of amides is 1. The highest BCUT2D eigenvalue weighted by molar-refractivity contribution is 7.10. The summed E-state index contributed by atoms with van der Waals surface area (Å²) in [6.07, 6.45) is 3.43. The van der Waals surface area contributed by atoms with Gasteiger partial charge in [0.25, 0.3) is 5.91 Å². The molecular weight excluding hydrogens is 291 g/mol. The van der Waals surface area contributed by atoms with E-state index in [9.17, 15) is 14.3 Å². The first kappa shape index (κ1) is 14.2. The van der Waals surface area contributed by atoms with E-state index in [1.165, 1.54) is 12.3 Å². The van der Waals surface area contributed by atoms with Crippen molar-refractivity contribution in [3.05, 3.63) is 52.2 Å². The number of thiophene rings is 1. The molecule has 4 nitrogen and oxygen atoms in total. The number of nitrogens with one attached hydrogen (secondary N) is 1. The van der Waals surface area contributed by atoms with Gasteiger partial charge in [-0.25, -0.2) is 4.39 Å². The van der Waals surface area contributed by atoms with Crippen LogP contribution in [0.1, 0.15) is 34.1 Å². The maximum absolute atomic E-state index is 13.6. The number of aliphatic hydroxyl groups excluding tert-OH is 1. The SMILES string of the molecule is O=C(N[C@H](c1cccs1)C1CC(O)C1)c1ccncc1F. The van der Waals surface area contributed by atoms with Gasteiger partial charge in [0.15, 0.2) is 5.82 Å². The summed E-state index contributed by atoms with van der Waals surface area (Å²) < 4.78 is 13.6. The fraction of sp³-hybridized carbons (Fsp3) is 0.333. The van der Waals surface area contributed by atoms with Crippen LogP contribution in [0.3, 0.4) is 0 Å². The molecule has 0 aromatic carbocycles. The van der Waals surface area contributed by atoms with Gasteiger partial charge in [0.1, 0.15) is 0 Å². The summed E-state index contributed by atoms with van der Waals surface area (Å²) in [4.78, 5) is 16.9. The first-order valence-corrected chi connectivity index (χ1v) is 7.65. The van der Waals surface area contributed by atoms with Gasteiger partial charge in [-0.05, 0) is 36.3 Å². The Morgan fingerprint density at radius 3 is 2.90 bits per heavy atom. The van der Waals surface area contributed by atoms with Gasteiger partial charge in [0.05, 0.1) is 23.9 Å². The Morgan fingerprint density at radius 1 is 1.48 bits per heavy atom. The molecule has 2 heterocycles. The number of hydrogen-bond acceptors (Lipinski definition) is 4. The Balaban J connectivity index is 1.79. The second-order valence-corrected chi connectivity index (χ2v) is 6.19. The third-order valence-corrected chi connectivity index (χ3v) is 4.73. The number of aliphatic hydroxyl groups is 1. The van der Waals surface area contributed by atoms with Crippen molar-refractivity contribution in [3.8, 4) is 0 Å². The molecule has 2 N–H and O–H groups in total. The van der Waals surface area contributed by atoms with Crippen molar-refractivity contribution in [2.45, 2.75) is 25.0 Å². The quantitative estimate of drug-likeness (QED) is 0.912. The van der Waals surface area contributed by atoms with Crippen LogP contribution in [0.25, 0.3) is 0 Å². The van der Waals surface area contributed by atoms with Crippen LogP contribution in [0.4, 0.5) is 4.39 Å². The van der Waals surface area contributed by atoms with E-state index in [0.717, 1.165) is 11.1 Å². The fourth-order valence-corrected chi connectivity index (χ4v) is 3.44. The molecule has 0 spiro atoms. The summed E-state index contributed by atoms with van der Waals surface area (Å²) in [6.45, 7) is 0. The number of nitrogens with zero attached hydrogens (tertiary/aromatic N) is 1. The highest BCUT2D eigenvalue weighted by atomic mass is 32.1. The average molecular weight is 306 g/mol. The standard InChI is InChI=1S/C15H15FN2O2S/c16-12-8-17-4-3-11(12)15(20)18-14(9-6-10(19)7-9)13-2-1-5-21-13/h1-5,8-10,14,19H,6-7H2,(H,18,20)/t9?,10?,14-/m0/s1. The molecule has 21 heavy (non-hydrogen) atoms.